The number of nitrogens with zero attached hydrogens (tertiary/aromatic N) is 2. The molecule has 0 bridgehead atoms. The summed E-state index contributed by atoms with van der Waals surface area (Å²) in [5.74, 6) is -2.50. The first kappa shape index (κ1) is 12.1. The van der Waals surface area contributed by atoms with E-state index in [-0.39, 0.29) is 0 Å². The smallest absolute Gasteiger partial charge is 0.276 e. The third-order valence-corrected chi connectivity index (χ3v) is 3.22. The number of hydrogen-bond acceptors (Lipinski definition) is 5. The quantitative estimate of drug-likeness (QED) is 0.880. The molecule has 7 heteroatoms. The van der Waals surface area contributed by atoms with Crippen LogP contribution in [0.4, 0.5) is 14.6 Å². The van der Waals surface area contributed by atoms with E-state index in [4.69, 9.17) is 5.73 Å². The van der Waals surface area contributed by atoms with E-state index in [1.165, 1.54) is 17.7 Å². The van der Waals surface area contributed by atoms with Crippen molar-refractivity contribution in [3.63, 3.8) is 0 Å². The van der Waals surface area contributed by atoms with Gasteiger partial charge in [0.1, 0.15) is 17.0 Å². The Morgan fingerprint density at radius 1 is 1.47 bits per heavy atom. The lowest BCUT2D eigenvalue weighted by Gasteiger charge is -2.15. The summed E-state index contributed by atoms with van der Waals surface area (Å²) in [6.07, 6.45) is 1.36. The van der Waals surface area contributed by atoms with Gasteiger partial charge in [-0.15, -0.1) is 11.3 Å². The number of nitrogens with two attached hydrogens (primary N) is 1. The highest BCUT2D eigenvalue weighted by Gasteiger charge is 2.26. The standard InChI is InChI=1S/C10H12F2N4S/c1-6-2-7-8(14-4-10(11,12)3-13)15-5-16-9(7)17-6/h2,5H,3-4,13H2,1H3,(H,14,15,16). The lowest BCUT2D eigenvalue weighted by atomic mass is 10.3. The van der Waals surface area contributed by atoms with Crippen LogP contribution in [0.25, 0.3) is 10.2 Å². The van der Waals surface area contributed by atoms with E-state index in [1.807, 2.05) is 13.0 Å². The van der Waals surface area contributed by atoms with Crippen molar-refractivity contribution in [2.24, 2.45) is 5.73 Å². The molecule has 2 rings (SSSR count). The fourth-order valence-electron chi connectivity index (χ4n) is 1.40. The average molecular weight is 258 g/mol. The van der Waals surface area contributed by atoms with Crippen LogP contribution in [0.5, 0.6) is 0 Å². The maximum Gasteiger partial charge on any atom is 0.276 e. The zero-order valence-electron chi connectivity index (χ0n) is 9.20. The van der Waals surface area contributed by atoms with Crippen LogP contribution in [-0.2, 0) is 0 Å². The van der Waals surface area contributed by atoms with E-state index in [0.717, 1.165) is 15.1 Å². The lowest BCUT2D eigenvalue weighted by molar-refractivity contribution is 0.0253. The van der Waals surface area contributed by atoms with E-state index in [1.54, 1.807) is 0 Å². The summed E-state index contributed by atoms with van der Waals surface area (Å²) < 4.78 is 26.0. The molecule has 0 saturated carbocycles. The summed E-state index contributed by atoms with van der Waals surface area (Å²) in [5.41, 5.74) is 4.97. The molecule has 0 saturated heterocycles. The van der Waals surface area contributed by atoms with Gasteiger partial charge in [0.05, 0.1) is 18.5 Å². The number of nitrogens with one attached hydrogen (secondary N) is 1. The monoisotopic (exact) mass is 258 g/mol. The molecule has 0 fully saturated rings. The predicted molar refractivity (Wildman–Crippen MR) is 64.6 cm³/mol. The largest absolute Gasteiger partial charge is 0.363 e. The maximum absolute atomic E-state index is 13.0. The first-order valence-corrected chi connectivity index (χ1v) is 5.86. The summed E-state index contributed by atoms with van der Waals surface area (Å²) in [7, 11) is 0. The molecule has 2 aromatic rings. The van der Waals surface area contributed by atoms with Crippen molar-refractivity contribution in [1.29, 1.82) is 0 Å². The molecule has 4 nitrogen and oxygen atoms in total. The van der Waals surface area contributed by atoms with Gasteiger partial charge in [-0.25, -0.2) is 18.7 Å². The summed E-state index contributed by atoms with van der Waals surface area (Å²) in [5, 5.41) is 3.38. The topological polar surface area (TPSA) is 63.8 Å². The average Bonchev–Trinajstić information content (AvgIpc) is 2.67. The molecule has 0 radical (unpaired) electrons. The summed E-state index contributed by atoms with van der Waals surface area (Å²) in [4.78, 5) is 9.90. The normalized spacial score (nSPS) is 12.0. The van der Waals surface area contributed by atoms with Crippen molar-refractivity contribution in [2.45, 2.75) is 12.8 Å². The molecule has 3 N–H and O–H groups in total. The summed E-state index contributed by atoms with van der Waals surface area (Å²) >= 11 is 1.50. The lowest BCUT2D eigenvalue weighted by Crippen LogP contribution is -2.35. The molecule has 0 amide bonds. The number of rotatable bonds is 4. The van der Waals surface area contributed by atoms with Gasteiger partial charge in [0.25, 0.3) is 5.92 Å². The maximum atomic E-state index is 13.0. The van der Waals surface area contributed by atoms with E-state index in [2.05, 4.69) is 15.3 Å². The number of hydrogen-bond donors (Lipinski definition) is 2. The molecule has 0 spiro atoms. The molecule has 92 valence electrons. The minimum absolute atomic E-state index is 0.424. The molecular weight excluding hydrogens is 246 g/mol. The molecule has 0 atom stereocenters. The van der Waals surface area contributed by atoms with Gasteiger partial charge in [-0.3, -0.25) is 0 Å². The third kappa shape index (κ3) is 2.67. The molecule has 0 unspecified atom stereocenters. The van der Waals surface area contributed by atoms with Gasteiger partial charge in [0.15, 0.2) is 0 Å². The van der Waals surface area contributed by atoms with Gasteiger partial charge in [-0.05, 0) is 13.0 Å². The molecule has 0 aliphatic heterocycles. The second-order valence-corrected chi connectivity index (χ2v) is 4.95. The highest BCUT2D eigenvalue weighted by atomic mass is 32.1. The van der Waals surface area contributed by atoms with Crippen LogP contribution in [0.15, 0.2) is 12.4 Å². The Labute approximate surface area is 101 Å². The Bertz CT molecular complexity index is 526. The Hall–Kier alpha value is -1.34. The van der Waals surface area contributed by atoms with Crippen LogP contribution in [0, 0.1) is 6.92 Å². The van der Waals surface area contributed by atoms with Gasteiger partial charge in [-0.2, -0.15) is 0 Å². The van der Waals surface area contributed by atoms with Gasteiger partial charge >= 0.3 is 0 Å². The molecular formula is C10H12F2N4S. The van der Waals surface area contributed by atoms with Gasteiger partial charge in [0.2, 0.25) is 0 Å². The Morgan fingerprint density at radius 3 is 2.94 bits per heavy atom. The van der Waals surface area contributed by atoms with Crippen molar-refractivity contribution in [3.05, 3.63) is 17.3 Å². The van der Waals surface area contributed by atoms with Gasteiger partial charge < -0.3 is 11.1 Å². The fraction of sp³-hybridized carbons (Fsp3) is 0.400. The van der Waals surface area contributed by atoms with Crippen molar-refractivity contribution < 1.29 is 8.78 Å². The molecule has 0 aromatic carbocycles. The molecule has 2 aromatic heterocycles. The first-order valence-electron chi connectivity index (χ1n) is 5.05. The second kappa shape index (κ2) is 4.50. The number of anilines is 1. The number of aryl methyl sites for hydroxylation is 1. The predicted octanol–water partition coefficient (Wildman–Crippen LogP) is 2.01. The molecule has 2 heterocycles. The minimum Gasteiger partial charge on any atom is -0.363 e. The van der Waals surface area contributed by atoms with Crippen LogP contribution in [0.2, 0.25) is 0 Å². The third-order valence-electron chi connectivity index (χ3n) is 2.27. The van der Waals surface area contributed by atoms with Crippen molar-refractivity contribution >= 4 is 27.4 Å². The highest BCUT2D eigenvalue weighted by Crippen LogP contribution is 2.27. The second-order valence-electron chi connectivity index (χ2n) is 3.71. The van der Waals surface area contributed by atoms with Crippen LogP contribution in [0.1, 0.15) is 4.88 Å². The van der Waals surface area contributed by atoms with E-state index in [9.17, 15) is 8.78 Å². The summed E-state index contributed by atoms with van der Waals surface area (Å²) in [6, 6.07) is 1.88. The number of thiophene rings is 1. The highest BCUT2D eigenvalue weighted by molar-refractivity contribution is 7.18. The number of fused-ring (bicyclic) bond motifs is 1. The van der Waals surface area contributed by atoms with Gasteiger partial charge in [0, 0.05) is 4.88 Å². The molecule has 0 aliphatic rings. The first-order chi connectivity index (χ1) is 8.02. The van der Waals surface area contributed by atoms with Crippen LogP contribution in [0.3, 0.4) is 0 Å². The number of alkyl halides is 2. The van der Waals surface area contributed by atoms with E-state index in [0.29, 0.717) is 5.82 Å². The fourth-order valence-corrected chi connectivity index (χ4v) is 2.25. The van der Waals surface area contributed by atoms with Crippen LogP contribution >= 0.6 is 11.3 Å². The SMILES string of the molecule is Cc1cc2c(NCC(F)(F)CN)ncnc2s1. The Balaban J connectivity index is 2.24. The van der Waals surface area contributed by atoms with Gasteiger partial charge in [-0.1, -0.05) is 0 Å². The Morgan fingerprint density at radius 2 is 2.24 bits per heavy atom. The number of halogens is 2. The van der Waals surface area contributed by atoms with Crippen molar-refractivity contribution in [1.82, 2.24) is 9.97 Å². The number of aromatic nitrogens is 2. The molecule has 17 heavy (non-hydrogen) atoms. The zero-order valence-corrected chi connectivity index (χ0v) is 10.0. The summed E-state index contributed by atoms with van der Waals surface area (Å²) in [6.45, 7) is 0.728. The Kier molecular flexibility index (Phi) is 3.21. The zero-order chi connectivity index (χ0) is 12.5. The van der Waals surface area contributed by atoms with E-state index < -0.39 is 19.0 Å². The minimum atomic E-state index is -2.93. The van der Waals surface area contributed by atoms with Crippen LogP contribution in [-0.4, -0.2) is 29.0 Å². The van der Waals surface area contributed by atoms with Crippen LogP contribution < -0.4 is 11.1 Å². The molecule has 0 aliphatic carbocycles. The van der Waals surface area contributed by atoms with E-state index >= 15 is 0 Å². The van der Waals surface area contributed by atoms with Crippen molar-refractivity contribution in [2.75, 3.05) is 18.4 Å². The van der Waals surface area contributed by atoms with Crippen molar-refractivity contribution in [3.8, 4) is 0 Å².